The number of carbonyl (C=O) groups is 2. The Bertz CT molecular complexity index is 588. The third-order valence-electron chi connectivity index (χ3n) is 2.22. The number of urea groups is 1. The second-order valence-corrected chi connectivity index (χ2v) is 4.07. The third-order valence-corrected chi connectivity index (χ3v) is 2.22. The molecule has 0 spiro atoms. The van der Waals surface area contributed by atoms with Crippen molar-refractivity contribution in [3.05, 3.63) is 18.6 Å². The van der Waals surface area contributed by atoms with Gasteiger partial charge in [0.1, 0.15) is 6.54 Å². The van der Waals surface area contributed by atoms with E-state index in [9.17, 15) is 9.59 Å². The molecule has 10 nitrogen and oxygen atoms in total. The summed E-state index contributed by atoms with van der Waals surface area (Å²) in [6.07, 6.45) is 4.48. The zero-order chi connectivity index (χ0) is 14.5. The third kappa shape index (κ3) is 3.54. The lowest BCUT2D eigenvalue weighted by molar-refractivity contribution is -0.117. The Morgan fingerprint density at radius 3 is 2.85 bits per heavy atom. The monoisotopic (exact) mass is 278 g/mol. The molecule has 0 aliphatic heterocycles. The maximum Gasteiger partial charge on any atom is 0.322 e. The molecule has 0 radical (unpaired) electrons. The Kier molecular flexibility index (Phi) is 3.93. The fraction of sp³-hybridized carbons (Fsp3) is 0.300. The Hall–Kier alpha value is -2.91. The zero-order valence-corrected chi connectivity index (χ0v) is 11.0. The van der Waals surface area contributed by atoms with Gasteiger partial charge in [0.15, 0.2) is 5.82 Å². The minimum Gasteiger partial charge on any atom is -0.331 e. The number of rotatable bonds is 4. The summed E-state index contributed by atoms with van der Waals surface area (Å²) in [4.78, 5) is 32.2. The standard InChI is InChI=1S/C10H14N8O2/c1-17(2)10(20)14-7-5-13-18(16-7)6-8(19)15-9-11-3-4-12-9/h3-5H,6H2,1-2H3,(H,14,16,20)(H2,11,12,15,19). The largest absolute Gasteiger partial charge is 0.331 e. The fourth-order valence-electron chi connectivity index (χ4n) is 1.29. The summed E-state index contributed by atoms with van der Waals surface area (Å²) in [7, 11) is 3.22. The molecule has 0 unspecified atom stereocenters. The second kappa shape index (κ2) is 5.82. The molecular formula is C10H14N8O2. The lowest BCUT2D eigenvalue weighted by Crippen LogP contribution is -2.27. The van der Waals surface area contributed by atoms with Crippen LogP contribution in [-0.2, 0) is 11.3 Å². The maximum atomic E-state index is 11.7. The van der Waals surface area contributed by atoms with Crippen molar-refractivity contribution < 1.29 is 9.59 Å². The van der Waals surface area contributed by atoms with Gasteiger partial charge < -0.3 is 9.88 Å². The number of hydrogen-bond donors (Lipinski definition) is 3. The van der Waals surface area contributed by atoms with Crippen molar-refractivity contribution in [2.24, 2.45) is 0 Å². The molecule has 0 aromatic carbocycles. The average Bonchev–Trinajstić information content (AvgIpc) is 3.01. The van der Waals surface area contributed by atoms with Gasteiger partial charge >= 0.3 is 6.03 Å². The quantitative estimate of drug-likeness (QED) is 0.711. The number of nitrogens with one attached hydrogen (secondary N) is 3. The molecule has 0 aliphatic rings. The molecule has 0 saturated heterocycles. The molecule has 3 amide bonds. The predicted molar refractivity (Wildman–Crippen MR) is 69.9 cm³/mol. The van der Waals surface area contributed by atoms with Crippen molar-refractivity contribution in [2.45, 2.75) is 6.54 Å². The summed E-state index contributed by atoms with van der Waals surface area (Å²) in [6.45, 7) is -0.0848. The van der Waals surface area contributed by atoms with Gasteiger partial charge in [-0.2, -0.15) is 9.90 Å². The predicted octanol–water partition coefficient (Wildman–Crippen LogP) is -0.267. The van der Waals surface area contributed by atoms with Crippen LogP contribution in [0, 0.1) is 0 Å². The number of nitrogens with zero attached hydrogens (tertiary/aromatic N) is 5. The summed E-state index contributed by atoms with van der Waals surface area (Å²) in [5.74, 6) is 0.291. The molecule has 106 valence electrons. The molecule has 0 saturated carbocycles. The molecule has 0 atom stereocenters. The van der Waals surface area contributed by atoms with Crippen LogP contribution in [0.5, 0.6) is 0 Å². The van der Waals surface area contributed by atoms with Crippen molar-refractivity contribution in [1.29, 1.82) is 0 Å². The lowest BCUT2D eigenvalue weighted by atomic mass is 10.6. The van der Waals surface area contributed by atoms with E-state index in [1.807, 2.05) is 0 Å². The van der Waals surface area contributed by atoms with Crippen LogP contribution in [0.25, 0.3) is 0 Å². The van der Waals surface area contributed by atoms with E-state index in [4.69, 9.17) is 0 Å². The first-order chi connectivity index (χ1) is 9.54. The summed E-state index contributed by atoms with van der Waals surface area (Å²) in [5.41, 5.74) is 0. The summed E-state index contributed by atoms with van der Waals surface area (Å²) < 4.78 is 0. The number of imidazole rings is 1. The topological polar surface area (TPSA) is 121 Å². The van der Waals surface area contributed by atoms with Crippen LogP contribution in [0.4, 0.5) is 16.6 Å². The van der Waals surface area contributed by atoms with Crippen LogP contribution in [0.15, 0.2) is 18.6 Å². The van der Waals surface area contributed by atoms with Crippen LogP contribution >= 0.6 is 0 Å². The normalized spacial score (nSPS) is 10.1. The van der Waals surface area contributed by atoms with Crippen molar-refractivity contribution in [1.82, 2.24) is 29.9 Å². The second-order valence-electron chi connectivity index (χ2n) is 4.07. The van der Waals surface area contributed by atoms with E-state index in [1.54, 1.807) is 20.3 Å². The van der Waals surface area contributed by atoms with Gasteiger partial charge in [0.05, 0.1) is 6.20 Å². The molecule has 2 aromatic rings. The molecule has 3 N–H and O–H groups in total. The van der Waals surface area contributed by atoms with Crippen LogP contribution in [-0.4, -0.2) is 55.9 Å². The first-order valence-electron chi connectivity index (χ1n) is 5.72. The van der Waals surface area contributed by atoms with Gasteiger partial charge in [0, 0.05) is 26.5 Å². The summed E-state index contributed by atoms with van der Waals surface area (Å²) in [5, 5.41) is 12.9. The number of carbonyl (C=O) groups excluding carboxylic acids is 2. The van der Waals surface area contributed by atoms with Crippen LogP contribution in [0.1, 0.15) is 0 Å². The van der Waals surface area contributed by atoms with Crippen molar-refractivity contribution in [3.63, 3.8) is 0 Å². The lowest BCUT2D eigenvalue weighted by Gasteiger charge is -2.09. The van der Waals surface area contributed by atoms with Crippen LogP contribution in [0.2, 0.25) is 0 Å². The number of anilines is 2. The van der Waals surface area contributed by atoms with E-state index < -0.39 is 0 Å². The maximum absolute atomic E-state index is 11.7. The van der Waals surface area contributed by atoms with E-state index in [2.05, 4.69) is 30.8 Å². The fourth-order valence-corrected chi connectivity index (χ4v) is 1.29. The van der Waals surface area contributed by atoms with Crippen LogP contribution in [0.3, 0.4) is 0 Å². The van der Waals surface area contributed by atoms with Gasteiger partial charge in [0.2, 0.25) is 11.9 Å². The first-order valence-corrected chi connectivity index (χ1v) is 5.72. The highest BCUT2D eigenvalue weighted by Crippen LogP contribution is 2.01. The molecule has 0 bridgehead atoms. The zero-order valence-electron chi connectivity index (χ0n) is 11.0. The van der Waals surface area contributed by atoms with E-state index in [-0.39, 0.29) is 24.3 Å². The molecule has 0 aliphatic carbocycles. The van der Waals surface area contributed by atoms with Gasteiger partial charge in [0.25, 0.3) is 0 Å². The van der Waals surface area contributed by atoms with E-state index >= 15 is 0 Å². The van der Waals surface area contributed by atoms with E-state index in [1.165, 1.54) is 22.1 Å². The smallest absolute Gasteiger partial charge is 0.322 e. The molecule has 20 heavy (non-hydrogen) atoms. The van der Waals surface area contributed by atoms with Crippen molar-refractivity contribution in [3.8, 4) is 0 Å². The average molecular weight is 278 g/mol. The van der Waals surface area contributed by atoms with Gasteiger partial charge in [-0.3, -0.25) is 15.4 Å². The summed E-state index contributed by atoms with van der Waals surface area (Å²) >= 11 is 0. The minimum absolute atomic E-state index is 0.0848. The summed E-state index contributed by atoms with van der Waals surface area (Å²) in [6, 6.07) is -0.322. The highest BCUT2D eigenvalue weighted by molar-refractivity contribution is 5.89. The molecule has 0 fully saturated rings. The highest BCUT2D eigenvalue weighted by Gasteiger charge is 2.10. The van der Waals surface area contributed by atoms with E-state index in [0.717, 1.165) is 0 Å². The molecule has 2 heterocycles. The highest BCUT2D eigenvalue weighted by atomic mass is 16.2. The Morgan fingerprint density at radius 2 is 2.20 bits per heavy atom. The number of H-pyrrole nitrogens is 1. The van der Waals surface area contributed by atoms with E-state index in [0.29, 0.717) is 5.95 Å². The van der Waals surface area contributed by atoms with Gasteiger partial charge in [-0.1, -0.05) is 0 Å². The minimum atomic E-state index is -0.332. The van der Waals surface area contributed by atoms with Crippen molar-refractivity contribution in [2.75, 3.05) is 24.7 Å². The molecule has 2 aromatic heterocycles. The SMILES string of the molecule is CN(C)C(=O)Nc1cnn(CC(=O)Nc2ncc[nH]2)n1. The number of amides is 3. The Balaban J connectivity index is 1.89. The number of hydrogen-bond acceptors (Lipinski definition) is 5. The van der Waals surface area contributed by atoms with Gasteiger partial charge in [-0.25, -0.2) is 9.78 Å². The molecule has 2 rings (SSSR count). The van der Waals surface area contributed by atoms with Crippen molar-refractivity contribution >= 4 is 23.7 Å². The first kappa shape index (κ1) is 13.5. The van der Waals surface area contributed by atoms with Gasteiger partial charge in [-0.15, -0.1) is 5.10 Å². The number of aromatic amines is 1. The molecule has 10 heteroatoms. The number of aromatic nitrogens is 5. The molecular weight excluding hydrogens is 264 g/mol. The Morgan fingerprint density at radius 1 is 1.40 bits per heavy atom. The van der Waals surface area contributed by atoms with Crippen LogP contribution < -0.4 is 10.6 Å². The Labute approximate surface area is 114 Å². The van der Waals surface area contributed by atoms with Gasteiger partial charge in [-0.05, 0) is 0 Å².